The molecular weight excluding hydrogens is 849 g/mol. The van der Waals surface area contributed by atoms with Crippen LogP contribution in [0.15, 0.2) is 182 Å². The third kappa shape index (κ3) is 12.8. The van der Waals surface area contributed by atoms with Crippen molar-refractivity contribution in [1.82, 2.24) is 0 Å². The second-order valence-electron chi connectivity index (χ2n) is 9.04. The Morgan fingerprint density at radius 3 is 0.477 bits per heavy atom. The van der Waals surface area contributed by atoms with Crippen molar-refractivity contribution < 1.29 is 31.9 Å². The first-order valence-corrected chi connectivity index (χ1v) is 24.4. The van der Waals surface area contributed by atoms with E-state index in [1.165, 1.54) is 31.8 Å². The Morgan fingerprint density at radius 1 is 0.250 bits per heavy atom. The van der Waals surface area contributed by atoms with Gasteiger partial charge in [0.1, 0.15) is 31.8 Å². The zero-order valence-electron chi connectivity index (χ0n) is 23.5. The van der Waals surface area contributed by atoms with E-state index in [1.807, 2.05) is 0 Å². The summed E-state index contributed by atoms with van der Waals surface area (Å²) in [5.74, 6) is 0. The molecule has 0 aliphatic rings. The Bertz CT molecular complexity index is 1230. The molecule has 0 nitrogen and oxygen atoms in total. The van der Waals surface area contributed by atoms with Crippen LogP contribution in [0, 0.1) is 0 Å². The number of hydrogen-bond acceptors (Lipinski definition) is 0. The van der Waals surface area contributed by atoms with Gasteiger partial charge in [-0.1, -0.05) is 109 Å². The van der Waals surface area contributed by atoms with E-state index in [4.69, 9.17) is 38.1 Å². The van der Waals surface area contributed by atoms with E-state index in [0.717, 1.165) is 0 Å². The molecule has 0 radical (unpaired) electrons. The van der Waals surface area contributed by atoms with Crippen LogP contribution in [-0.2, 0) is 31.9 Å². The maximum absolute atomic E-state index is 4.81. The van der Waals surface area contributed by atoms with Gasteiger partial charge in [-0.3, -0.25) is 0 Å². The van der Waals surface area contributed by atoms with Gasteiger partial charge in [-0.2, -0.15) is 0 Å². The normalized spacial score (nSPS) is 10.1. The predicted molar refractivity (Wildman–Crippen MR) is 196 cm³/mol. The van der Waals surface area contributed by atoms with Gasteiger partial charge >= 0.3 is 70.0 Å². The minimum Gasteiger partial charge on any atom is -0.0620 e. The molecule has 0 saturated carbocycles. The molecule has 0 aliphatic carbocycles. The van der Waals surface area contributed by atoms with Crippen molar-refractivity contribution in [2.24, 2.45) is 0 Å². The molecule has 0 spiro atoms. The molecule has 0 aliphatic heterocycles. The topological polar surface area (TPSA) is 0 Å². The number of benzene rings is 6. The molecule has 0 saturated heterocycles. The summed E-state index contributed by atoms with van der Waals surface area (Å²) in [5.41, 5.74) is 0. The second-order valence-corrected chi connectivity index (χ2v) is 18.7. The van der Waals surface area contributed by atoms with Crippen molar-refractivity contribution in [2.75, 3.05) is 0 Å². The van der Waals surface area contributed by atoms with E-state index in [0.29, 0.717) is 0 Å². The molecule has 232 valence electrons. The van der Waals surface area contributed by atoms with Gasteiger partial charge in [-0.25, -0.2) is 0 Å². The zero-order chi connectivity index (χ0) is 31.2. The van der Waals surface area contributed by atoms with E-state index in [1.54, 1.807) is 0 Å². The molecule has 0 amide bonds. The van der Waals surface area contributed by atoms with Crippen molar-refractivity contribution in [3.63, 3.8) is 0 Å². The minimum absolute atomic E-state index is 0.106. The summed E-state index contributed by atoms with van der Waals surface area (Å²) in [5, 5.41) is 8.61. The molecule has 0 fully saturated rings. The Labute approximate surface area is 296 Å². The Balaban J connectivity index is 0.000000204. The molecule has 0 aromatic heterocycles. The molecule has 0 N–H and O–H groups in total. The largest absolute Gasteiger partial charge is 0.102 e. The number of hydrogen-bond donors (Lipinski definition) is 0. The molecule has 6 aromatic rings. The van der Waals surface area contributed by atoms with Gasteiger partial charge in [-0.05, 0) is 72.8 Å². The summed E-state index contributed by atoms with van der Waals surface area (Å²) in [7, 11) is 17.5. The molecule has 0 atom stereocenters. The van der Waals surface area contributed by atoms with Crippen molar-refractivity contribution in [3.05, 3.63) is 182 Å². The van der Waals surface area contributed by atoms with Gasteiger partial charge in [0.15, 0.2) is 0 Å². The van der Waals surface area contributed by atoms with Crippen LogP contribution in [0.1, 0.15) is 0 Å². The molecule has 0 heterocycles. The molecule has 8 heteroatoms. The van der Waals surface area contributed by atoms with E-state index < -0.39 is 15.8 Å². The van der Waals surface area contributed by atoms with E-state index in [9.17, 15) is 0 Å². The van der Waals surface area contributed by atoms with Crippen LogP contribution in [0.5, 0.6) is 0 Å². The monoisotopic (exact) mass is 878 g/mol. The number of halogens is 4. The Morgan fingerprint density at radius 2 is 0.364 bits per heavy atom. The first-order chi connectivity index (χ1) is 21.7. The van der Waals surface area contributed by atoms with Gasteiger partial charge in [-0.15, -0.1) is 0 Å². The van der Waals surface area contributed by atoms with Crippen molar-refractivity contribution in [1.29, 1.82) is 0 Å². The Hall–Kier alpha value is -1.34. The molecular formula is C36H32Cl4P2Pd2+2. The van der Waals surface area contributed by atoms with Gasteiger partial charge < -0.3 is 0 Å². The van der Waals surface area contributed by atoms with Crippen LogP contribution in [0.4, 0.5) is 0 Å². The zero-order valence-corrected chi connectivity index (χ0v) is 31.6. The maximum atomic E-state index is 4.81. The van der Waals surface area contributed by atoms with Gasteiger partial charge in [0.2, 0.25) is 0 Å². The van der Waals surface area contributed by atoms with E-state index in [-0.39, 0.29) is 31.9 Å². The quantitative estimate of drug-likeness (QED) is 0.116. The summed E-state index contributed by atoms with van der Waals surface area (Å²) >= 11 is -0.211. The van der Waals surface area contributed by atoms with Gasteiger partial charge in [0, 0.05) is 0 Å². The van der Waals surface area contributed by atoms with E-state index >= 15 is 0 Å². The average molecular weight is 881 g/mol. The third-order valence-corrected chi connectivity index (χ3v) is 11.8. The van der Waals surface area contributed by atoms with Crippen LogP contribution in [0.2, 0.25) is 0 Å². The first-order valence-electron chi connectivity index (χ1n) is 13.4. The van der Waals surface area contributed by atoms with Crippen LogP contribution in [-0.4, -0.2) is 0 Å². The molecule has 6 rings (SSSR count). The summed E-state index contributed by atoms with van der Waals surface area (Å²) in [6.45, 7) is 0. The summed E-state index contributed by atoms with van der Waals surface area (Å²) in [4.78, 5) is 0. The summed E-state index contributed by atoms with van der Waals surface area (Å²) < 4.78 is 0. The second kappa shape index (κ2) is 23.1. The fraction of sp³-hybridized carbons (Fsp3) is 0. The van der Waals surface area contributed by atoms with E-state index in [2.05, 4.69) is 182 Å². The minimum atomic E-state index is -0.877. The van der Waals surface area contributed by atoms with Gasteiger partial charge in [0.05, 0.1) is 15.8 Å². The first kappa shape index (κ1) is 37.1. The fourth-order valence-electron chi connectivity index (χ4n) is 4.63. The Kier molecular flexibility index (Phi) is 19.5. The molecule has 6 aromatic carbocycles. The molecule has 0 bridgehead atoms. The SMILES string of the molecule is [Cl][Pd][Cl].[Cl][Pd][Cl].c1ccc([PH+](c2ccccc2)c2ccccc2)cc1.c1ccc([PH+](c2ccccc2)c2ccccc2)cc1. The van der Waals surface area contributed by atoms with Gasteiger partial charge in [0.25, 0.3) is 0 Å². The standard InChI is InChI=1S/2C18H15P.4ClH.2Pd/c2*1-4-10-16(11-5-1)19(17-12-6-2-7-13-17)18-14-8-3-9-15-18;;;;;;/h2*1-15H;4*1H;;/q;;;;;;2*+2/p-2. The summed E-state index contributed by atoms with van der Waals surface area (Å²) in [6, 6.07) is 65.0. The van der Waals surface area contributed by atoms with Crippen molar-refractivity contribution in [3.8, 4) is 0 Å². The maximum Gasteiger partial charge on any atom is 0.102 e. The van der Waals surface area contributed by atoms with Crippen LogP contribution in [0.25, 0.3) is 0 Å². The number of rotatable bonds is 6. The molecule has 0 unspecified atom stereocenters. The van der Waals surface area contributed by atoms with Crippen LogP contribution >= 0.6 is 54.0 Å². The smallest absolute Gasteiger partial charge is 0.0620 e. The predicted octanol–water partition coefficient (Wildman–Crippen LogP) is 9.11. The van der Waals surface area contributed by atoms with Crippen LogP contribution in [0.3, 0.4) is 0 Å². The van der Waals surface area contributed by atoms with Crippen molar-refractivity contribution in [2.45, 2.75) is 0 Å². The third-order valence-electron chi connectivity index (χ3n) is 6.37. The fourth-order valence-corrected chi connectivity index (χ4v) is 9.78. The summed E-state index contributed by atoms with van der Waals surface area (Å²) in [6.07, 6.45) is 0. The molecule has 44 heavy (non-hydrogen) atoms. The van der Waals surface area contributed by atoms with Crippen molar-refractivity contribution >= 4 is 85.8 Å². The average Bonchev–Trinajstić information content (AvgIpc) is 3.09. The van der Waals surface area contributed by atoms with Crippen LogP contribution < -0.4 is 31.8 Å².